The fourth-order valence-corrected chi connectivity index (χ4v) is 5.98. The molecule has 0 aliphatic carbocycles. The fraction of sp³-hybridized carbons (Fsp3) is 0.556. The van der Waals surface area contributed by atoms with Crippen LogP contribution in [0.4, 0.5) is 27.5 Å². The predicted molar refractivity (Wildman–Crippen MR) is 145 cm³/mol. The molecule has 3 aliphatic rings. The summed E-state index contributed by atoms with van der Waals surface area (Å²) in [6, 6.07) is 6.10. The van der Waals surface area contributed by atoms with Gasteiger partial charge in [-0.3, -0.25) is 20.6 Å². The number of fused-ring (bicyclic) bond motifs is 2. The van der Waals surface area contributed by atoms with Gasteiger partial charge in [-0.1, -0.05) is 6.92 Å². The highest BCUT2D eigenvalue weighted by molar-refractivity contribution is 6.21. The lowest BCUT2D eigenvalue weighted by Gasteiger charge is -2.47. The minimum absolute atomic E-state index is 0.0627. The van der Waals surface area contributed by atoms with Gasteiger partial charge in [0.2, 0.25) is 5.95 Å². The third kappa shape index (κ3) is 4.74. The van der Waals surface area contributed by atoms with Gasteiger partial charge in [0.1, 0.15) is 11.6 Å². The summed E-state index contributed by atoms with van der Waals surface area (Å²) >= 11 is 0. The van der Waals surface area contributed by atoms with Crippen LogP contribution >= 0.6 is 0 Å². The molecule has 3 aliphatic heterocycles. The highest BCUT2D eigenvalue weighted by Gasteiger charge is 2.43. The summed E-state index contributed by atoms with van der Waals surface area (Å²) in [7, 11) is 0. The molecule has 0 bridgehead atoms. The highest BCUT2D eigenvalue weighted by Crippen LogP contribution is 2.41. The monoisotopic (exact) mass is 508 g/mol. The number of aromatic nitrogens is 2. The van der Waals surface area contributed by atoms with Crippen LogP contribution in [0.3, 0.4) is 0 Å². The molecule has 0 amide bonds. The molecule has 4 heterocycles. The maximum Gasteiger partial charge on any atom is 0.229 e. The molecule has 2 atom stereocenters. The van der Waals surface area contributed by atoms with Gasteiger partial charge in [-0.2, -0.15) is 4.98 Å². The predicted octanol–water partition coefficient (Wildman–Crippen LogP) is 5.52. The largest absolute Gasteiger partial charge is 0.478 e. The first kappa shape index (κ1) is 25.4. The Morgan fingerprint density at radius 1 is 1.27 bits per heavy atom. The van der Waals surface area contributed by atoms with Gasteiger partial charge in [0.05, 0.1) is 11.9 Å². The summed E-state index contributed by atoms with van der Waals surface area (Å²) in [5, 5.41) is 23.6. The first-order valence-corrected chi connectivity index (χ1v) is 13.1. The van der Waals surface area contributed by atoms with Crippen LogP contribution in [-0.2, 0) is 0 Å². The van der Waals surface area contributed by atoms with Crippen LogP contribution in [0.5, 0.6) is 5.75 Å². The molecule has 198 valence electrons. The van der Waals surface area contributed by atoms with Gasteiger partial charge in [-0.15, -0.1) is 0 Å². The summed E-state index contributed by atoms with van der Waals surface area (Å²) in [5.74, 6) is 1.09. The molecular formula is C27H37FN8O. The van der Waals surface area contributed by atoms with Crippen molar-refractivity contribution in [1.29, 1.82) is 10.8 Å². The number of amidine groups is 2. The van der Waals surface area contributed by atoms with E-state index in [0.717, 1.165) is 19.4 Å². The quantitative estimate of drug-likeness (QED) is 0.311. The van der Waals surface area contributed by atoms with Crippen molar-refractivity contribution >= 4 is 34.8 Å². The SMILES string of the molecule is CCC(=N)N1C(=N)C(C)(C)Oc2ccc(Nc3ncc(F)c(NC4CC5CCCN5C(C)(C)C4)n3)cc21. The Labute approximate surface area is 217 Å². The maximum absolute atomic E-state index is 14.7. The Bertz CT molecular complexity index is 1230. The highest BCUT2D eigenvalue weighted by atomic mass is 19.1. The second kappa shape index (κ2) is 9.24. The van der Waals surface area contributed by atoms with E-state index in [2.05, 4.69) is 39.3 Å². The number of ether oxygens (including phenoxy) is 1. The molecule has 2 fully saturated rings. The number of piperidine rings is 1. The molecule has 0 spiro atoms. The van der Waals surface area contributed by atoms with Gasteiger partial charge in [-0.05, 0) is 78.1 Å². The summed E-state index contributed by atoms with van der Waals surface area (Å²) < 4.78 is 20.8. The standard InChI is InChI=1S/C27H37FN8O/c1-6-22(29)36-20-13-16(9-10-21(20)37-27(4,5)24(36)30)33-25-31-15-19(28)23(34-25)32-17-12-18-8-7-11-35(18)26(2,3)14-17/h9-10,13,15,17-18,29-30H,6-8,11-12,14H2,1-5H3,(H2,31,32,33,34). The van der Waals surface area contributed by atoms with Crippen molar-refractivity contribution in [2.75, 3.05) is 22.1 Å². The minimum Gasteiger partial charge on any atom is -0.478 e. The number of nitrogens with zero attached hydrogens (tertiary/aromatic N) is 4. The number of hydrogen-bond donors (Lipinski definition) is 4. The van der Waals surface area contributed by atoms with Gasteiger partial charge in [-0.25, -0.2) is 9.37 Å². The van der Waals surface area contributed by atoms with Crippen LogP contribution in [0.15, 0.2) is 24.4 Å². The number of nitrogens with one attached hydrogen (secondary N) is 4. The van der Waals surface area contributed by atoms with Crippen LogP contribution < -0.4 is 20.3 Å². The lowest BCUT2D eigenvalue weighted by Crippen LogP contribution is -2.55. The average molecular weight is 509 g/mol. The Morgan fingerprint density at radius 2 is 2.05 bits per heavy atom. The lowest BCUT2D eigenvalue weighted by molar-refractivity contribution is 0.0500. The van der Waals surface area contributed by atoms with Crippen molar-refractivity contribution in [2.24, 2.45) is 0 Å². The normalized spacial score (nSPS) is 24.2. The molecule has 0 radical (unpaired) electrons. The van der Waals surface area contributed by atoms with E-state index in [1.54, 1.807) is 4.90 Å². The van der Waals surface area contributed by atoms with Crippen LogP contribution in [0.1, 0.15) is 66.7 Å². The molecule has 2 unspecified atom stereocenters. The molecule has 1 aromatic heterocycles. The zero-order chi connectivity index (χ0) is 26.5. The third-order valence-electron chi connectivity index (χ3n) is 7.76. The number of benzene rings is 1. The topological polar surface area (TPSA) is 113 Å². The fourth-order valence-electron chi connectivity index (χ4n) is 5.98. The maximum atomic E-state index is 14.7. The first-order valence-electron chi connectivity index (χ1n) is 13.1. The van der Waals surface area contributed by atoms with Crippen LogP contribution in [0.25, 0.3) is 0 Å². The number of rotatable bonds is 5. The van der Waals surface area contributed by atoms with E-state index in [1.807, 2.05) is 39.0 Å². The molecular weight excluding hydrogens is 471 g/mol. The smallest absolute Gasteiger partial charge is 0.229 e. The summed E-state index contributed by atoms with van der Waals surface area (Å²) in [6.07, 6.45) is 5.96. The van der Waals surface area contributed by atoms with Crippen molar-refractivity contribution < 1.29 is 9.13 Å². The van der Waals surface area contributed by atoms with Crippen molar-refractivity contribution in [1.82, 2.24) is 14.9 Å². The second-order valence-corrected chi connectivity index (χ2v) is 11.4. The van der Waals surface area contributed by atoms with Gasteiger partial charge in [0.25, 0.3) is 0 Å². The van der Waals surface area contributed by atoms with E-state index in [4.69, 9.17) is 15.6 Å². The van der Waals surface area contributed by atoms with Crippen molar-refractivity contribution in [2.45, 2.75) is 89.9 Å². The van der Waals surface area contributed by atoms with E-state index >= 15 is 0 Å². The van der Waals surface area contributed by atoms with Crippen LogP contribution in [0, 0.1) is 16.6 Å². The van der Waals surface area contributed by atoms with Crippen molar-refractivity contribution in [3.05, 3.63) is 30.2 Å². The Kier molecular flexibility index (Phi) is 6.34. The van der Waals surface area contributed by atoms with Crippen LogP contribution in [0.2, 0.25) is 0 Å². The first-order chi connectivity index (χ1) is 17.5. The molecule has 4 N–H and O–H groups in total. The summed E-state index contributed by atoms with van der Waals surface area (Å²) in [5.41, 5.74) is 0.467. The zero-order valence-corrected chi connectivity index (χ0v) is 22.3. The molecule has 37 heavy (non-hydrogen) atoms. The molecule has 9 nitrogen and oxygen atoms in total. The van der Waals surface area contributed by atoms with Gasteiger partial charge in [0.15, 0.2) is 23.1 Å². The number of anilines is 4. The van der Waals surface area contributed by atoms with E-state index in [9.17, 15) is 4.39 Å². The minimum atomic E-state index is -0.854. The van der Waals surface area contributed by atoms with E-state index in [1.165, 1.54) is 19.0 Å². The van der Waals surface area contributed by atoms with Crippen molar-refractivity contribution in [3.8, 4) is 5.75 Å². The number of halogens is 1. The molecule has 10 heteroatoms. The third-order valence-corrected chi connectivity index (χ3v) is 7.76. The van der Waals surface area contributed by atoms with E-state index in [0.29, 0.717) is 35.4 Å². The van der Waals surface area contributed by atoms with E-state index in [-0.39, 0.29) is 29.2 Å². The molecule has 5 rings (SSSR count). The summed E-state index contributed by atoms with van der Waals surface area (Å²) in [6.45, 7) is 11.2. The van der Waals surface area contributed by atoms with E-state index < -0.39 is 11.4 Å². The van der Waals surface area contributed by atoms with Gasteiger partial charge >= 0.3 is 0 Å². The van der Waals surface area contributed by atoms with Crippen LogP contribution in [-0.4, -0.2) is 56.3 Å². The van der Waals surface area contributed by atoms with Crippen molar-refractivity contribution in [3.63, 3.8) is 0 Å². The molecule has 0 saturated carbocycles. The lowest BCUT2D eigenvalue weighted by atomic mass is 9.84. The Morgan fingerprint density at radius 3 is 2.81 bits per heavy atom. The summed E-state index contributed by atoms with van der Waals surface area (Å²) in [4.78, 5) is 12.8. The Balaban J connectivity index is 1.37. The number of hydrogen-bond acceptors (Lipinski definition) is 8. The molecule has 1 aromatic carbocycles. The Hall–Kier alpha value is -3.27. The van der Waals surface area contributed by atoms with Gasteiger partial charge in [0, 0.05) is 29.7 Å². The zero-order valence-electron chi connectivity index (χ0n) is 22.3. The molecule has 2 saturated heterocycles. The average Bonchev–Trinajstić information content (AvgIpc) is 3.31. The molecule has 2 aromatic rings. The van der Waals surface area contributed by atoms with Gasteiger partial charge < -0.3 is 15.4 Å². The second-order valence-electron chi connectivity index (χ2n) is 11.4.